The molecule has 3 saturated heterocycles. The van der Waals surface area contributed by atoms with Crippen molar-refractivity contribution < 1.29 is 36.7 Å². The van der Waals surface area contributed by atoms with Crippen molar-refractivity contribution in [2.24, 2.45) is 0 Å². The van der Waals surface area contributed by atoms with Gasteiger partial charge in [0.25, 0.3) is 12.3 Å². The van der Waals surface area contributed by atoms with Crippen LogP contribution in [0, 0.1) is 11.6 Å². The van der Waals surface area contributed by atoms with Crippen LogP contribution in [0.15, 0.2) is 55.3 Å². The lowest BCUT2D eigenvalue weighted by Gasteiger charge is -2.46. The molecule has 2 unspecified atom stereocenters. The van der Waals surface area contributed by atoms with Gasteiger partial charge in [0.1, 0.15) is 24.0 Å². The Morgan fingerprint density at radius 3 is 2.48 bits per heavy atom. The summed E-state index contributed by atoms with van der Waals surface area (Å²) in [4.78, 5) is 50.3. The Balaban J connectivity index is 0.831. The number of piperidine rings is 1. The summed E-state index contributed by atoms with van der Waals surface area (Å²) in [6, 6.07) is 8.26. The molecule has 0 bridgehead atoms. The molecule has 6 heterocycles. The van der Waals surface area contributed by atoms with Gasteiger partial charge in [-0.15, -0.1) is 0 Å². The summed E-state index contributed by atoms with van der Waals surface area (Å²) in [6.07, 6.45) is 0.286. The number of amides is 3. The van der Waals surface area contributed by atoms with Crippen LogP contribution in [0.4, 0.5) is 34.6 Å². The molecular formula is C46H52F4N8O4. The minimum Gasteiger partial charge on any atom is -0.489 e. The van der Waals surface area contributed by atoms with Gasteiger partial charge in [-0.3, -0.25) is 24.2 Å². The van der Waals surface area contributed by atoms with E-state index in [9.17, 15) is 23.2 Å². The van der Waals surface area contributed by atoms with Gasteiger partial charge in [-0.25, -0.2) is 17.6 Å². The summed E-state index contributed by atoms with van der Waals surface area (Å²) < 4.78 is 66.8. The molecule has 328 valence electrons. The van der Waals surface area contributed by atoms with Crippen molar-refractivity contribution in [1.29, 1.82) is 0 Å². The lowest BCUT2D eigenvalue weighted by atomic mass is 9.81. The zero-order valence-electron chi connectivity index (χ0n) is 35.1. The molecule has 6 aliphatic rings. The average Bonchev–Trinajstić information content (AvgIpc) is 3.56. The van der Waals surface area contributed by atoms with Gasteiger partial charge in [0.15, 0.2) is 0 Å². The molecular weight excluding hydrogens is 805 g/mol. The highest BCUT2D eigenvalue weighted by molar-refractivity contribution is 6.00. The van der Waals surface area contributed by atoms with E-state index in [0.717, 1.165) is 28.1 Å². The van der Waals surface area contributed by atoms with E-state index in [1.807, 2.05) is 17.0 Å². The SMILES string of the molecule is C=Cc1c(NC)ccc2c1C[C@@H](C)N(CC(F)F)C2c1c(F)cc(N2CCN(C(=O)CN3CCN4c5cc6c(cc5OC[C@@H]4C3)C(=O)N(C3CCC(=O)NC3=C)C6)CC2)cc1F. The number of fused-ring (bicyclic) bond motifs is 5. The fourth-order valence-electron chi connectivity index (χ4n) is 10.5. The van der Waals surface area contributed by atoms with E-state index in [4.69, 9.17) is 4.74 Å². The highest BCUT2D eigenvalue weighted by Gasteiger charge is 2.42. The van der Waals surface area contributed by atoms with E-state index in [2.05, 4.69) is 33.6 Å². The molecule has 6 aliphatic heterocycles. The summed E-state index contributed by atoms with van der Waals surface area (Å²) in [6.45, 7) is 13.6. The normalized spacial score (nSPS) is 24.0. The molecule has 2 N–H and O–H groups in total. The van der Waals surface area contributed by atoms with Crippen LogP contribution in [0.1, 0.15) is 64.0 Å². The van der Waals surface area contributed by atoms with Gasteiger partial charge in [0, 0.05) is 106 Å². The number of nitrogens with one attached hydrogen (secondary N) is 2. The highest BCUT2D eigenvalue weighted by Crippen LogP contribution is 2.45. The first-order chi connectivity index (χ1) is 29.8. The van der Waals surface area contributed by atoms with Crippen LogP contribution in [0.5, 0.6) is 5.75 Å². The van der Waals surface area contributed by atoms with Crippen molar-refractivity contribution in [2.75, 3.05) is 87.7 Å². The first-order valence-corrected chi connectivity index (χ1v) is 21.4. The van der Waals surface area contributed by atoms with E-state index >= 15 is 8.78 Å². The maximum atomic E-state index is 16.3. The molecule has 3 amide bonds. The second-order valence-electron chi connectivity index (χ2n) is 17.2. The fraction of sp³-hybridized carbons (Fsp3) is 0.457. The Kier molecular flexibility index (Phi) is 11.2. The minimum absolute atomic E-state index is 0.0101. The molecule has 9 rings (SSSR count). The van der Waals surface area contributed by atoms with Crippen LogP contribution >= 0.6 is 0 Å². The number of hydrogen-bond donors (Lipinski definition) is 2. The van der Waals surface area contributed by atoms with Crippen LogP contribution in [-0.2, 0) is 22.6 Å². The molecule has 3 fully saturated rings. The molecule has 62 heavy (non-hydrogen) atoms. The summed E-state index contributed by atoms with van der Waals surface area (Å²) in [5, 5.41) is 5.91. The summed E-state index contributed by atoms with van der Waals surface area (Å²) in [5.74, 6) is -1.16. The number of carbonyl (C=O) groups is 3. The van der Waals surface area contributed by atoms with Crippen LogP contribution in [0.2, 0.25) is 0 Å². The van der Waals surface area contributed by atoms with Gasteiger partial charge in [-0.05, 0) is 66.8 Å². The van der Waals surface area contributed by atoms with Crippen molar-refractivity contribution in [3.05, 3.63) is 100 Å². The summed E-state index contributed by atoms with van der Waals surface area (Å²) in [5.41, 5.74) is 6.05. The number of rotatable bonds is 9. The molecule has 0 spiro atoms. The fourth-order valence-corrected chi connectivity index (χ4v) is 10.5. The second kappa shape index (κ2) is 16.6. The van der Waals surface area contributed by atoms with Gasteiger partial charge in [-0.1, -0.05) is 25.3 Å². The monoisotopic (exact) mass is 856 g/mol. The first-order valence-electron chi connectivity index (χ1n) is 21.4. The molecule has 3 aromatic carbocycles. The van der Waals surface area contributed by atoms with Crippen molar-refractivity contribution in [1.82, 2.24) is 24.9 Å². The Labute approximate surface area is 358 Å². The van der Waals surface area contributed by atoms with E-state index in [-0.39, 0.29) is 41.9 Å². The number of piperazine rings is 2. The number of carbonyl (C=O) groups excluding carboxylic acids is 3. The predicted molar refractivity (Wildman–Crippen MR) is 229 cm³/mol. The number of alkyl halides is 2. The van der Waals surface area contributed by atoms with Crippen molar-refractivity contribution >= 4 is 40.9 Å². The summed E-state index contributed by atoms with van der Waals surface area (Å²) >= 11 is 0. The number of anilines is 3. The van der Waals surface area contributed by atoms with Gasteiger partial charge >= 0.3 is 0 Å². The lowest BCUT2D eigenvalue weighted by molar-refractivity contribution is -0.133. The van der Waals surface area contributed by atoms with E-state index in [1.54, 1.807) is 42.0 Å². The molecule has 0 saturated carbocycles. The Morgan fingerprint density at radius 1 is 1.03 bits per heavy atom. The van der Waals surface area contributed by atoms with E-state index in [0.29, 0.717) is 106 Å². The Hall–Kier alpha value is -5.61. The smallest absolute Gasteiger partial charge is 0.255 e. The van der Waals surface area contributed by atoms with Gasteiger partial charge in [0.2, 0.25) is 11.8 Å². The van der Waals surface area contributed by atoms with Crippen molar-refractivity contribution in [3.8, 4) is 5.75 Å². The molecule has 0 aliphatic carbocycles. The third-order valence-corrected chi connectivity index (χ3v) is 13.6. The molecule has 12 nitrogen and oxygen atoms in total. The zero-order chi connectivity index (χ0) is 43.6. The number of halogens is 4. The molecule has 3 aromatic rings. The number of hydrogen-bond acceptors (Lipinski definition) is 9. The molecule has 0 radical (unpaired) electrons. The van der Waals surface area contributed by atoms with Crippen LogP contribution in [0.25, 0.3) is 6.08 Å². The third kappa shape index (κ3) is 7.44. The zero-order valence-corrected chi connectivity index (χ0v) is 35.1. The maximum Gasteiger partial charge on any atom is 0.255 e. The van der Waals surface area contributed by atoms with Crippen LogP contribution < -0.4 is 25.2 Å². The predicted octanol–water partition coefficient (Wildman–Crippen LogP) is 5.23. The van der Waals surface area contributed by atoms with E-state index < -0.39 is 36.7 Å². The topological polar surface area (TPSA) is 104 Å². The molecule has 16 heteroatoms. The highest BCUT2D eigenvalue weighted by atomic mass is 19.3. The Bertz CT molecular complexity index is 2310. The third-order valence-electron chi connectivity index (χ3n) is 13.6. The number of benzene rings is 3. The van der Waals surface area contributed by atoms with Gasteiger partial charge in [-0.2, -0.15) is 0 Å². The molecule has 0 aromatic heterocycles. The average molecular weight is 857 g/mol. The molecule has 4 atom stereocenters. The van der Waals surface area contributed by atoms with E-state index in [1.165, 1.54) is 17.0 Å². The second-order valence-corrected chi connectivity index (χ2v) is 17.2. The van der Waals surface area contributed by atoms with Crippen LogP contribution in [-0.4, -0.2) is 134 Å². The Morgan fingerprint density at radius 2 is 1.79 bits per heavy atom. The number of nitrogens with zero attached hydrogens (tertiary/aromatic N) is 6. The maximum absolute atomic E-state index is 16.3. The van der Waals surface area contributed by atoms with Crippen LogP contribution in [0.3, 0.4) is 0 Å². The quantitative estimate of drug-likeness (QED) is 0.281. The first kappa shape index (κ1) is 41.7. The minimum atomic E-state index is -2.70. The lowest BCUT2D eigenvalue weighted by Crippen LogP contribution is -2.59. The largest absolute Gasteiger partial charge is 0.489 e. The standard InChI is InChI=1S/C46H52F4N8O4/c1-5-31-34-16-26(2)57(23-41(49)50)45(32(34)6-7-37(31)51-4)44-35(47)18-29(19-36(44)48)54-11-13-55(14-12-54)43(60)24-53-10-15-56-30(22-53)25-62-40-20-33-28(17-39(40)56)21-58(46(33)61)38-8-9-42(59)52-27(38)3/h5-7,17-20,26,30,38,41,45,51H,1,3,8-16,21-25H2,2,4H3,(H,52,59)/t26-,30+,38?,45?/m1/s1. The van der Waals surface area contributed by atoms with Crippen molar-refractivity contribution in [2.45, 2.75) is 63.3 Å². The van der Waals surface area contributed by atoms with Gasteiger partial charge < -0.3 is 35.0 Å². The number of ether oxygens (including phenoxy) is 1. The summed E-state index contributed by atoms with van der Waals surface area (Å²) in [7, 11) is 1.77. The van der Waals surface area contributed by atoms with Gasteiger partial charge in [0.05, 0.1) is 36.9 Å². The van der Waals surface area contributed by atoms with Crippen molar-refractivity contribution in [3.63, 3.8) is 0 Å².